The zero-order valence-corrected chi connectivity index (χ0v) is 13.9. The summed E-state index contributed by atoms with van der Waals surface area (Å²) in [6.07, 6.45) is 2.30. The average Bonchev–Trinajstić information content (AvgIpc) is 2.59. The van der Waals surface area contributed by atoms with Crippen molar-refractivity contribution < 1.29 is 14.6 Å². The molecule has 2 N–H and O–H groups in total. The molecule has 0 aromatic heterocycles. The number of hydrogen-bond donors (Lipinski definition) is 2. The normalized spacial score (nSPS) is 14.9. The smallest absolute Gasteiger partial charge is 0.256 e. The predicted molar refractivity (Wildman–Crippen MR) is 94.0 cm³/mol. The van der Waals surface area contributed by atoms with Crippen molar-refractivity contribution in [3.8, 4) is 11.8 Å². The molecule has 0 saturated heterocycles. The number of nitrogens with zero attached hydrogens (tertiary/aromatic N) is 1. The lowest BCUT2D eigenvalue weighted by molar-refractivity contribution is -0.142. The molecule has 0 aliphatic heterocycles. The number of nitrogens with one attached hydrogen (secondary N) is 1. The lowest BCUT2D eigenvalue weighted by Gasteiger charge is -2.34. The van der Waals surface area contributed by atoms with Gasteiger partial charge >= 0.3 is 0 Å². The van der Waals surface area contributed by atoms with Crippen molar-refractivity contribution in [2.45, 2.75) is 37.9 Å². The molecule has 1 aliphatic carbocycles. The first-order chi connectivity index (χ1) is 12.1. The van der Waals surface area contributed by atoms with Crippen LogP contribution in [0.15, 0.2) is 48.5 Å². The summed E-state index contributed by atoms with van der Waals surface area (Å²) >= 11 is 0. The molecule has 0 heterocycles. The van der Waals surface area contributed by atoms with Gasteiger partial charge in [0.05, 0.1) is 12.5 Å². The topological polar surface area (TPSA) is 82.3 Å². The van der Waals surface area contributed by atoms with Crippen LogP contribution in [0.3, 0.4) is 0 Å². The van der Waals surface area contributed by atoms with Crippen LogP contribution in [0, 0.1) is 11.3 Å². The monoisotopic (exact) mass is 336 g/mol. The van der Waals surface area contributed by atoms with E-state index in [-0.39, 0.29) is 5.91 Å². The van der Waals surface area contributed by atoms with E-state index < -0.39 is 5.60 Å². The highest BCUT2D eigenvalue weighted by atomic mass is 16.5. The maximum absolute atomic E-state index is 12.1. The summed E-state index contributed by atoms with van der Waals surface area (Å²) in [4.78, 5) is 12.1. The summed E-state index contributed by atoms with van der Waals surface area (Å²) in [6.45, 7) is 0.367. The molecule has 2 aromatic rings. The zero-order chi connectivity index (χ0) is 17.7. The standard InChI is InChI=1S/C20H20N2O3/c21-12-9-15-5-7-18(8-6-15)25-14-16-3-1-4-17(13-16)22-19(23)20(24)10-2-11-20/h1,3-8,13,24H,2,9-11,14H2,(H,22,23). The fraction of sp³-hybridized carbons (Fsp3) is 0.300. The van der Waals surface area contributed by atoms with E-state index in [9.17, 15) is 9.90 Å². The fourth-order valence-corrected chi connectivity index (χ4v) is 2.69. The summed E-state index contributed by atoms with van der Waals surface area (Å²) in [7, 11) is 0. The van der Waals surface area contributed by atoms with Gasteiger partial charge in [0.1, 0.15) is 18.0 Å². The number of anilines is 1. The van der Waals surface area contributed by atoms with Gasteiger partial charge in [0, 0.05) is 5.69 Å². The van der Waals surface area contributed by atoms with Gasteiger partial charge in [-0.05, 0) is 54.7 Å². The van der Waals surface area contributed by atoms with Crippen LogP contribution in [0.1, 0.15) is 30.4 Å². The summed E-state index contributed by atoms with van der Waals surface area (Å²) < 4.78 is 5.74. The lowest BCUT2D eigenvalue weighted by Crippen LogP contribution is -2.48. The molecule has 0 bridgehead atoms. The van der Waals surface area contributed by atoms with E-state index >= 15 is 0 Å². The second-order valence-corrected chi connectivity index (χ2v) is 6.31. The molecular weight excluding hydrogens is 316 g/mol. The molecule has 1 amide bonds. The molecule has 0 spiro atoms. The second-order valence-electron chi connectivity index (χ2n) is 6.31. The van der Waals surface area contributed by atoms with Crippen LogP contribution >= 0.6 is 0 Å². The lowest BCUT2D eigenvalue weighted by atomic mass is 9.79. The van der Waals surface area contributed by atoms with E-state index in [1.165, 1.54) is 0 Å². The van der Waals surface area contributed by atoms with Gasteiger partial charge < -0.3 is 15.2 Å². The minimum absolute atomic E-state index is 0.343. The maximum Gasteiger partial charge on any atom is 0.256 e. The van der Waals surface area contributed by atoms with Crippen molar-refractivity contribution in [1.82, 2.24) is 0 Å². The number of rotatable bonds is 6. The molecule has 3 rings (SSSR count). The minimum Gasteiger partial charge on any atom is -0.489 e. The van der Waals surface area contributed by atoms with E-state index in [0.29, 0.717) is 31.6 Å². The van der Waals surface area contributed by atoms with Crippen LogP contribution in [-0.4, -0.2) is 16.6 Å². The summed E-state index contributed by atoms with van der Waals surface area (Å²) in [6, 6.07) is 16.9. The molecule has 1 fully saturated rings. The Balaban J connectivity index is 1.58. The molecule has 5 nitrogen and oxygen atoms in total. The number of aliphatic hydroxyl groups is 1. The van der Waals surface area contributed by atoms with E-state index in [1.54, 1.807) is 6.07 Å². The van der Waals surface area contributed by atoms with Crippen LogP contribution in [-0.2, 0) is 17.8 Å². The highest BCUT2D eigenvalue weighted by molar-refractivity contribution is 5.97. The molecule has 0 atom stereocenters. The Morgan fingerprint density at radius 1 is 1.20 bits per heavy atom. The van der Waals surface area contributed by atoms with E-state index in [2.05, 4.69) is 11.4 Å². The number of benzene rings is 2. The van der Waals surface area contributed by atoms with Crippen LogP contribution in [0.25, 0.3) is 0 Å². The summed E-state index contributed by atoms with van der Waals surface area (Å²) in [5.41, 5.74) is 1.31. The largest absolute Gasteiger partial charge is 0.489 e. The Bertz CT molecular complexity index is 789. The average molecular weight is 336 g/mol. The Morgan fingerprint density at radius 2 is 1.96 bits per heavy atom. The van der Waals surface area contributed by atoms with Gasteiger partial charge in [-0.25, -0.2) is 0 Å². The van der Waals surface area contributed by atoms with Crippen molar-refractivity contribution >= 4 is 11.6 Å². The third-order valence-electron chi connectivity index (χ3n) is 4.40. The van der Waals surface area contributed by atoms with Crippen molar-refractivity contribution in [2.75, 3.05) is 5.32 Å². The van der Waals surface area contributed by atoms with Crippen LogP contribution in [0.2, 0.25) is 0 Å². The Morgan fingerprint density at radius 3 is 2.60 bits per heavy atom. The SMILES string of the molecule is N#CCc1ccc(OCc2cccc(NC(=O)C3(O)CCC3)c2)cc1. The van der Waals surface area contributed by atoms with Gasteiger partial charge in [-0.15, -0.1) is 0 Å². The fourth-order valence-electron chi connectivity index (χ4n) is 2.69. The van der Waals surface area contributed by atoms with Gasteiger partial charge in [-0.3, -0.25) is 4.79 Å². The third kappa shape index (κ3) is 4.17. The van der Waals surface area contributed by atoms with Crippen LogP contribution < -0.4 is 10.1 Å². The van der Waals surface area contributed by atoms with E-state index in [1.807, 2.05) is 42.5 Å². The molecule has 2 aromatic carbocycles. The Labute approximate surface area is 146 Å². The van der Waals surface area contributed by atoms with E-state index in [4.69, 9.17) is 10.00 Å². The van der Waals surface area contributed by atoms with Crippen molar-refractivity contribution in [2.24, 2.45) is 0 Å². The number of carbonyl (C=O) groups is 1. The van der Waals surface area contributed by atoms with Crippen molar-refractivity contribution in [3.63, 3.8) is 0 Å². The van der Waals surface area contributed by atoms with Gasteiger partial charge in [0.2, 0.25) is 0 Å². The first-order valence-corrected chi connectivity index (χ1v) is 8.30. The third-order valence-corrected chi connectivity index (χ3v) is 4.40. The molecule has 1 saturated carbocycles. The van der Waals surface area contributed by atoms with Crippen molar-refractivity contribution in [1.29, 1.82) is 5.26 Å². The zero-order valence-electron chi connectivity index (χ0n) is 13.9. The Hall–Kier alpha value is -2.84. The molecule has 1 aliphatic rings. The van der Waals surface area contributed by atoms with Gasteiger partial charge in [0.25, 0.3) is 5.91 Å². The minimum atomic E-state index is -1.21. The molecular formula is C20H20N2O3. The maximum atomic E-state index is 12.1. The molecule has 0 unspecified atom stereocenters. The van der Waals surface area contributed by atoms with Crippen LogP contribution in [0.5, 0.6) is 5.75 Å². The number of amides is 1. The predicted octanol–water partition coefficient (Wildman–Crippen LogP) is 3.19. The number of ether oxygens (including phenoxy) is 1. The Kier molecular flexibility index (Phi) is 5.01. The highest BCUT2D eigenvalue weighted by Gasteiger charge is 2.41. The molecule has 25 heavy (non-hydrogen) atoms. The first-order valence-electron chi connectivity index (χ1n) is 8.30. The second kappa shape index (κ2) is 7.37. The number of nitriles is 1. The van der Waals surface area contributed by atoms with Gasteiger partial charge in [-0.1, -0.05) is 24.3 Å². The summed E-state index contributed by atoms with van der Waals surface area (Å²) in [5, 5.41) is 21.5. The summed E-state index contributed by atoms with van der Waals surface area (Å²) in [5.74, 6) is 0.379. The number of hydrogen-bond acceptors (Lipinski definition) is 4. The molecule has 128 valence electrons. The van der Waals surface area contributed by atoms with E-state index in [0.717, 1.165) is 23.3 Å². The highest BCUT2D eigenvalue weighted by Crippen LogP contribution is 2.32. The van der Waals surface area contributed by atoms with Crippen LogP contribution in [0.4, 0.5) is 5.69 Å². The molecule has 5 heteroatoms. The molecule has 0 radical (unpaired) electrons. The number of carbonyl (C=O) groups excluding carboxylic acids is 1. The quantitative estimate of drug-likeness (QED) is 0.849. The van der Waals surface area contributed by atoms with Crippen molar-refractivity contribution in [3.05, 3.63) is 59.7 Å². The van der Waals surface area contributed by atoms with Gasteiger partial charge in [0.15, 0.2) is 0 Å². The van der Waals surface area contributed by atoms with Gasteiger partial charge in [-0.2, -0.15) is 5.26 Å². The first kappa shape index (κ1) is 17.0.